The lowest BCUT2D eigenvalue weighted by Gasteiger charge is -2.20. The molecule has 96 valence electrons. The van der Waals surface area contributed by atoms with Crippen molar-refractivity contribution in [3.63, 3.8) is 0 Å². The molecule has 1 amide bonds. The number of carbonyl (C=O) groups is 1. The van der Waals surface area contributed by atoms with Gasteiger partial charge in [-0.25, -0.2) is 0 Å². The second-order valence-corrected chi connectivity index (χ2v) is 6.13. The monoisotopic (exact) mass is 263 g/mol. The molecule has 1 aromatic carbocycles. The summed E-state index contributed by atoms with van der Waals surface area (Å²) in [5, 5.41) is 3.89. The van der Waals surface area contributed by atoms with E-state index in [1.54, 1.807) is 0 Å². The van der Waals surface area contributed by atoms with Gasteiger partial charge in [0.05, 0.1) is 5.41 Å². The predicted octanol–water partition coefficient (Wildman–Crippen LogP) is 3.29. The molecule has 2 nitrogen and oxygen atoms in total. The highest BCUT2D eigenvalue weighted by Gasteiger charge is 2.51. The predicted molar refractivity (Wildman–Crippen MR) is 72.7 cm³/mol. The molecule has 0 bridgehead atoms. The van der Waals surface area contributed by atoms with Crippen molar-refractivity contribution < 1.29 is 4.79 Å². The lowest BCUT2D eigenvalue weighted by atomic mass is 9.94. The fraction of sp³-hybridized carbons (Fsp3) is 0.533. The molecule has 1 unspecified atom stereocenters. The smallest absolute Gasteiger partial charge is 0.230 e. The average molecular weight is 264 g/mol. The fourth-order valence-electron chi connectivity index (χ4n) is 2.62. The largest absolute Gasteiger partial charge is 0.353 e. The van der Waals surface area contributed by atoms with Crippen molar-refractivity contribution in [3.05, 3.63) is 34.9 Å². The van der Waals surface area contributed by atoms with Gasteiger partial charge in [0.15, 0.2) is 0 Å². The highest BCUT2D eigenvalue weighted by Crippen LogP contribution is 2.49. The van der Waals surface area contributed by atoms with Gasteiger partial charge < -0.3 is 5.32 Å². The van der Waals surface area contributed by atoms with Crippen LogP contribution in [0.4, 0.5) is 0 Å². The Hall–Kier alpha value is -1.02. The van der Waals surface area contributed by atoms with E-state index < -0.39 is 0 Å². The molecule has 0 spiro atoms. The Morgan fingerprint density at radius 2 is 2.17 bits per heavy atom. The maximum atomic E-state index is 12.4. The van der Waals surface area contributed by atoms with Crippen LogP contribution < -0.4 is 5.32 Å². The van der Waals surface area contributed by atoms with Crippen molar-refractivity contribution in [2.45, 2.75) is 44.1 Å². The molecule has 1 atom stereocenters. The zero-order valence-corrected chi connectivity index (χ0v) is 11.3. The molecule has 3 rings (SSSR count). The molecule has 0 aliphatic heterocycles. The quantitative estimate of drug-likeness (QED) is 0.887. The Morgan fingerprint density at radius 1 is 1.44 bits per heavy atom. The van der Waals surface area contributed by atoms with Gasteiger partial charge in [-0.3, -0.25) is 4.79 Å². The van der Waals surface area contributed by atoms with E-state index in [1.807, 2.05) is 24.3 Å². The van der Waals surface area contributed by atoms with Gasteiger partial charge in [-0.05, 0) is 56.2 Å². The van der Waals surface area contributed by atoms with Gasteiger partial charge in [-0.2, -0.15) is 0 Å². The molecule has 2 saturated carbocycles. The first-order valence-corrected chi connectivity index (χ1v) is 7.07. The van der Waals surface area contributed by atoms with Crippen LogP contribution in [0.15, 0.2) is 24.3 Å². The van der Waals surface area contributed by atoms with E-state index in [1.165, 1.54) is 12.8 Å². The normalized spacial score (nSPS) is 22.3. The number of hydrogen-bond donors (Lipinski definition) is 1. The Morgan fingerprint density at radius 3 is 2.72 bits per heavy atom. The van der Waals surface area contributed by atoms with Crippen molar-refractivity contribution in [3.8, 4) is 0 Å². The number of nitrogens with one attached hydrogen (secondary N) is 1. The number of amides is 1. The summed E-state index contributed by atoms with van der Waals surface area (Å²) in [6, 6.07) is 8.03. The molecule has 2 aliphatic rings. The molecule has 0 radical (unpaired) electrons. The van der Waals surface area contributed by atoms with E-state index in [2.05, 4.69) is 12.2 Å². The van der Waals surface area contributed by atoms with Gasteiger partial charge in [0, 0.05) is 11.1 Å². The van der Waals surface area contributed by atoms with Gasteiger partial charge in [-0.15, -0.1) is 0 Å². The minimum atomic E-state index is -0.298. The Bertz CT molecular complexity index is 477. The number of benzene rings is 1. The Kier molecular flexibility index (Phi) is 2.86. The van der Waals surface area contributed by atoms with Crippen molar-refractivity contribution in [1.82, 2.24) is 5.32 Å². The number of carbonyl (C=O) groups excluding carboxylic acids is 1. The van der Waals surface area contributed by atoms with Crippen LogP contribution in [0.5, 0.6) is 0 Å². The third-order valence-corrected chi connectivity index (χ3v) is 4.48. The first kappa shape index (κ1) is 12.0. The Labute approximate surface area is 113 Å². The third-order valence-electron chi connectivity index (χ3n) is 4.25. The maximum absolute atomic E-state index is 12.4. The van der Waals surface area contributed by atoms with Crippen LogP contribution in [0.2, 0.25) is 5.02 Å². The van der Waals surface area contributed by atoms with E-state index in [0.717, 1.165) is 18.4 Å². The molecule has 3 heteroatoms. The van der Waals surface area contributed by atoms with E-state index in [0.29, 0.717) is 17.0 Å². The first-order valence-electron chi connectivity index (χ1n) is 6.69. The molecule has 0 aromatic heterocycles. The fourth-order valence-corrected chi connectivity index (χ4v) is 2.81. The molecule has 1 N–H and O–H groups in total. The molecule has 0 heterocycles. The van der Waals surface area contributed by atoms with Crippen molar-refractivity contribution in [2.24, 2.45) is 5.92 Å². The molecule has 1 aromatic rings. The van der Waals surface area contributed by atoms with Crippen LogP contribution in [0.3, 0.4) is 0 Å². The van der Waals surface area contributed by atoms with Crippen molar-refractivity contribution >= 4 is 17.5 Å². The summed E-state index contributed by atoms with van der Waals surface area (Å²) in [6.45, 7) is 2.11. The summed E-state index contributed by atoms with van der Waals surface area (Å²) in [7, 11) is 0. The third kappa shape index (κ3) is 2.14. The summed E-state index contributed by atoms with van der Waals surface area (Å²) in [4.78, 5) is 12.4. The minimum Gasteiger partial charge on any atom is -0.353 e. The van der Waals surface area contributed by atoms with E-state index in [4.69, 9.17) is 11.6 Å². The summed E-state index contributed by atoms with van der Waals surface area (Å²) in [6.07, 6.45) is 4.39. The summed E-state index contributed by atoms with van der Waals surface area (Å²) in [5.74, 6) is 0.883. The molecular formula is C15H18ClNO. The van der Waals surface area contributed by atoms with Crippen molar-refractivity contribution in [2.75, 3.05) is 0 Å². The highest BCUT2D eigenvalue weighted by molar-refractivity contribution is 6.30. The van der Waals surface area contributed by atoms with Gasteiger partial charge in [-0.1, -0.05) is 23.7 Å². The topological polar surface area (TPSA) is 29.1 Å². The van der Waals surface area contributed by atoms with Crippen LogP contribution in [-0.2, 0) is 10.2 Å². The standard InChI is InChI=1S/C15H18ClNO/c1-10(11-5-6-11)17-14(18)15(7-8-15)12-3-2-4-13(16)9-12/h2-4,9-11H,5-8H2,1H3,(H,17,18). The number of hydrogen-bond acceptors (Lipinski definition) is 1. The lowest BCUT2D eigenvalue weighted by Crippen LogP contribution is -2.41. The molecule has 2 aliphatic carbocycles. The van der Waals surface area contributed by atoms with Gasteiger partial charge in [0.1, 0.15) is 0 Å². The summed E-state index contributed by atoms with van der Waals surface area (Å²) < 4.78 is 0. The second kappa shape index (κ2) is 4.27. The van der Waals surface area contributed by atoms with Gasteiger partial charge in [0.2, 0.25) is 5.91 Å². The molecular weight excluding hydrogens is 246 g/mol. The zero-order valence-electron chi connectivity index (χ0n) is 10.6. The maximum Gasteiger partial charge on any atom is 0.230 e. The molecule has 18 heavy (non-hydrogen) atoms. The lowest BCUT2D eigenvalue weighted by molar-refractivity contribution is -0.124. The second-order valence-electron chi connectivity index (χ2n) is 5.69. The van der Waals surface area contributed by atoms with Crippen LogP contribution in [0, 0.1) is 5.92 Å². The van der Waals surface area contributed by atoms with Crippen LogP contribution >= 0.6 is 11.6 Å². The van der Waals surface area contributed by atoms with Crippen molar-refractivity contribution in [1.29, 1.82) is 0 Å². The average Bonchev–Trinajstić information content (AvgIpc) is 3.21. The SMILES string of the molecule is CC(NC(=O)C1(c2cccc(Cl)c2)CC1)C1CC1. The van der Waals surface area contributed by atoms with E-state index >= 15 is 0 Å². The molecule has 2 fully saturated rings. The van der Waals surface area contributed by atoms with Crippen LogP contribution in [0.25, 0.3) is 0 Å². The zero-order chi connectivity index (χ0) is 12.8. The first-order chi connectivity index (χ1) is 8.62. The summed E-state index contributed by atoms with van der Waals surface area (Å²) >= 11 is 6.02. The van der Waals surface area contributed by atoms with Crippen LogP contribution in [0.1, 0.15) is 38.2 Å². The van der Waals surface area contributed by atoms with Gasteiger partial charge >= 0.3 is 0 Å². The van der Waals surface area contributed by atoms with Crippen LogP contribution in [-0.4, -0.2) is 11.9 Å². The van der Waals surface area contributed by atoms with Gasteiger partial charge in [0.25, 0.3) is 0 Å². The molecule has 0 saturated heterocycles. The number of rotatable bonds is 4. The highest BCUT2D eigenvalue weighted by atomic mass is 35.5. The summed E-state index contributed by atoms with van der Waals surface area (Å²) in [5.41, 5.74) is 0.768. The minimum absolute atomic E-state index is 0.184. The Balaban J connectivity index is 1.75. The van der Waals surface area contributed by atoms with E-state index in [9.17, 15) is 4.79 Å². The van der Waals surface area contributed by atoms with E-state index in [-0.39, 0.29) is 11.3 Å². The number of halogens is 1.